The van der Waals surface area contributed by atoms with Crippen LogP contribution in [0.3, 0.4) is 0 Å². The van der Waals surface area contributed by atoms with E-state index in [4.69, 9.17) is 10.00 Å². The lowest BCUT2D eigenvalue weighted by molar-refractivity contribution is -0.145. The van der Waals surface area contributed by atoms with Crippen molar-refractivity contribution in [1.82, 2.24) is 9.97 Å². The van der Waals surface area contributed by atoms with Gasteiger partial charge in [-0.3, -0.25) is 0 Å². The summed E-state index contributed by atoms with van der Waals surface area (Å²) in [5.41, 5.74) is 0.779. The Morgan fingerprint density at radius 2 is 1.95 bits per heavy atom. The third-order valence-corrected chi connectivity index (χ3v) is 2.59. The normalized spacial score (nSPS) is 10.8. The van der Waals surface area contributed by atoms with Gasteiger partial charge in [-0.2, -0.15) is 18.4 Å². The van der Waals surface area contributed by atoms with Gasteiger partial charge in [-0.05, 0) is 17.7 Å². The summed E-state index contributed by atoms with van der Waals surface area (Å²) in [6.07, 6.45) is -2.04. The highest BCUT2D eigenvalue weighted by Crippen LogP contribution is 2.28. The van der Waals surface area contributed by atoms with Crippen molar-refractivity contribution in [2.45, 2.75) is 12.6 Å². The quantitative estimate of drug-likeness (QED) is 0.812. The number of hydrogen-bond acceptors (Lipinski definition) is 5. The second-order valence-corrected chi connectivity index (χ2v) is 4.16. The summed E-state index contributed by atoms with van der Waals surface area (Å²) in [4.78, 5) is 16.8. The molecule has 0 amide bonds. The molecule has 0 atom stereocenters. The fraction of sp³-hybridized carbons (Fsp3) is 0.143. The fourth-order valence-electron chi connectivity index (χ4n) is 1.62. The van der Waals surface area contributed by atoms with Crippen LogP contribution >= 0.6 is 0 Å². The molecule has 2 rings (SSSR count). The molecule has 22 heavy (non-hydrogen) atoms. The Kier molecular flexibility index (Phi) is 4.36. The highest BCUT2D eigenvalue weighted by molar-refractivity contribution is 5.57. The van der Waals surface area contributed by atoms with Crippen LogP contribution in [-0.4, -0.2) is 16.3 Å². The molecule has 0 unspecified atom stereocenters. The summed E-state index contributed by atoms with van der Waals surface area (Å²) in [5.74, 6) is -1.17. The maximum atomic E-state index is 12.3. The molecule has 0 N–H and O–H groups in total. The average molecular weight is 307 g/mol. The van der Waals surface area contributed by atoms with Crippen LogP contribution in [0.2, 0.25) is 0 Å². The van der Waals surface area contributed by atoms with Gasteiger partial charge in [0, 0.05) is 6.42 Å². The second-order valence-electron chi connectivity index (χ2n) is 4.16. The average Bonchev–Trinajstić information content (AvgIpc) is 2.48. The van der Waals surface area contributed by atoms with Crippen LogP contribution in [-0.2, 0) is 17.4 Å². The zero-order valence-corrected chi connectivity index (χ0v) is 11.0. The molecular weight excluding hydrogens is 299 g/mol. The van der Waals surface area contributed by atoms with Crippen molar-refractivity contribution in [3.05, 3.63) is 47.5 Å². The molecule has 5 nitrogen and oxygen atoms in total. The number of nitriles is 1. The molecule has 112 valence electrons. The minimum atomic E-state index is -4.63. The molecule has 1 aromatic heterocycles. The minimum Gasteiger partial charge on any atom is -0.453 e. The largest absolute Gasteiger partial charge is 0.453 e. The lowest BCUT2D eigenvalue weighted by Gasteiger charge is -2.09. The van der Waals surface area contributed by atoms with E-state index in [0.29, 0.717) is 11.8 Å². The molecule has 1 aromatic carbocycles. The fourth-order valence-corrected chi connectivity index (χ4v) is 1.62. The smallest absolute Gasteiger partial charge is 0.451 e. The predicted molar refractivity (Wildman–Crippen MR) is 68.0 cm³/mol. The molecule has 1 heterocycles. The molecule has 0 saturated carbocycles. The molecular formula is C14H8F3N3O2. The standard InChI is InChI=1S/C14H8F3N3O2/c15-14(16,17)13-19-7-11(8-20-13)22-12-2-1-9(3-4-21)5-10(12)6-18/h1-2,4-5,7-8H,3H2. The Labute approximate surface area is 123 Å². The van der Waals surface area contributed by atoms with Crippen LogP contribution in [0.4, 0.5) is 13.2 Å². The van der Waals surface area contributed by atoms with Gasteiger partial charge in [0.25, 0.3) is 0 Å². The zero-order valence-electron chi connectivity index (χ0n) is 11.0. The van der Waals surface area contributed by atoms with Crippen LogP contribution in [0, 0.1) is 11.3 Å². The van der Waals surface area contributed by atoms with E-state index in [9.17, 15) is 18.0 Å². The van der Waals surface area contributed by atoms with Crippen LogP contribution in [0.15, 0.2) is 30.6 Å². The Balaban J connectivity index is 2.24. The van der Waals surface area contributed by atoms with Gasteiger partial charge in [0.15, 0.2) is 5.75 Å². The van der Waals surface area contributed by atoms with Crippen LogP contribution in [0.25, 0.3) is 0 Å². The van der Waals surface area contributed by atoms with Gasteiger partial charge in [0.2, 0.25) is 5.82 Å². The van der Waals surface area contributed by atoms with Gasteiger partial charge in [-0.15, -0.1) is 0 Å². The third kappa shape index (κ3) is 3.58. The first kappa shape index (κ1) is 15.4. The number of carbonyl (C=O) groups is 1. The van der Waals surface area contributed by atoms with Crippen molar-refractivity contribution in [2.75, 3.05) is 0 Å². The van der Waals surface area contributed by atoms with Gasteiger partial charge >= 0.3 is 6.18 Å². The number of halogens is 3. The van der Waals surface area contributed by atoms with Crippen molar-refractivity contribution in [3.8, 4) is 17.6 Å². The van der Waals surface area contributed by atoms with E-state index in [2.05, 4.69) is 9.97 Å². The van der Waals surface area contributed by atoms with E-state index in [-0.39, 0.29) is 23.5 Å². The van der Waals surface area contributed by atoms with E-state index < -0.39 is 12.0 Å². The monoisotopic (exact) mass is 307 g/mol. The Bertz CT molecular complexity index is 722. The molecule has 0 saturated heterocycles. The molecule has 0 spiro atoms. The number of aromatic nitrogens is 2. The molecule has 0 fully saturated rings. The molecule has 0 aliphatic carbocycles. The zero-order chi connectivity index (χ0) is 16.2. The summed E-state index contributed by atoms with van der Waals surface area (Å²) in [6, 6.07) is 6.39. The van der Waals surface area contributed by atoms with Gasteiger partial charge in [0.05, 0.1) is 18.0 Å². The van der Waals surface area contributed by atoms with E-state index in [1.54, 1.807) is 6.07 Å². The topological polar surface area (TPSA) is 75.9 Å². The lowest BCUT2D eigenvalue weighted by Crippen LogP contribution is -2.10. The van der Waals surface area contributed by atoms with Crippen molar-refractivity contribution >= 4 is 6.29 Å². The lowest BCUT2D eigenvalue weighted by atomic mass is 10.1. The van der Waals surface area contributed by atoms with E-state index in [0.717, 1.165) is 12.4 Å². The third-order valence-electron chi connectivity index (χ3n) is 2.59. The Hall–Kier alpha value is -2.95. The summed E-state index contributed by atoms with van der Waals surface area (Å²) < 4.78 is 42.3. The SMILES string of the molecule is N#Cc1cc(CC=O)ccc1Oc1cnc(C(F)(F)F)nc1. The van der Waals surface area contributed by atoms with Gasteiger partial charge in [-0.25, -0.2) is 9.97 Å². The minimum absolute atomic E-state index is 0.0346. The number of ether oxygens (including phenoxy) is 1. The maximum Gasteiger partial charge on any atom is 0.451 e. The Morgan fingerprint density at radius 3 is 2.50 bits per heavy atom. The first-order valence-electron chi connectivity index (χ1n) is 5.98. The van der Waals surface area contributed by atoms with Crippen molar-refractivity contribution in [1.29, 1.82) is 5.26 Å². The molecule has 0 radical (unpaired) electrons. The highest BCUT2D eigenvalue weighted by Gasteiger charge is 2.34. The number of benzene rings is 1. The van der Waals surface area contributed by atoms with Crippen molar-refractivity contribution < 1.29 is 22.7 Å². The van der Waals surface area contributed by atoms with E-state index in [1.165, 1.54) is 12.1 Å². The summed E-state index contributed by atoms with van der Waals surface area (Å²) >= 11 is 0. The molecule has 0 aliphatic rings. The van der Waals surface area contributed by atoms with Crippen LogP contribution < -0.4 is 4.74 Å². The molecule has 2 aromatic rings. The van der Waals surface area contributed by atoms with Crippen LogP contribution in [0.1, 0.15) is 17.0 Å². The first-order valence-corrected chi connectivity index (χ1v) is 5.98. The molecule has 8 heteroatoms. The van der Waals surface area contributed by atoms with Gasteiger partial charge in [0.1, 0.15) is 18.1 Å². The van der Waals surface area contributed by atoms with Crippen LogP contribution in [0.5, 0.6) is 11.5 Å². The highest BCUT2D eigenvalue weighted by atomic mass is 19.4. The van der Waals surface area contributed by atoms with Gasteiger partial charge < -0.3 is 9.53 Å². The summed E-state index contributed by atoms with van der Waals surface area (Å²) in [5, 5.41) is 9.04. The maximum absolute atomic E-state index is 12.3. The Morgan fingerprint density at radius 1 is 1.27 bits per heavy atom. The number of carbonyl (C=O) groups excluding carboxylic acids is 1. The molecule has 0 aliphatic heterocycles. The number of aldehydes is 1. The number of rotatable bonds is 4. The van der Waals surface area contributed by atoms with E-state index >= 15 is 0 Å². The number of alkyl halides is 3. The number of hydrogen-bond donors (Lipinski definition) is 0. The summed E-state index contributed by atoms with van der Waals surface area (Å²) in [7, 11) is 0. The van der Waals surface area contributed by atoms with Crippen molar-refractivity contribution in [2.24, 2.45) is 0 Å². The van der Waals surface area contributed by atoms with Crippen molar-refractivity contribution in [3.63, 3.8) is 0 Å². The second kappa shape index (κ2) is 6.22. The first-order chi connectivity index (χ1) is 10.4. The summed E-state index contributed by atoms with van der Waals surface area (Å²) in [6.45, 7) is 0. The predicted octanol–water partition coefficient (Wildman–Crippen LogP) is 2.90. The number of nitrogens with zero attached hydrogens (tertiary/aromatic N) is 3. The van der Waals surface area contributed by atoms with Gasteiger partial charge in [-0.1, -0.05) is 6.07 Å². The molecule has 0 bridgehead atoms. The van der Waals surface area contributed by atoms with E-state index in [1.807, 2.05) is 6.07 Å².